The van der Waals surface area contributed by atoms with Crippen LogP contribution in [0.5, 0.6) is 5.75 Å². The summed E-state index contributed by atoms with van der Waals surface area (Å²) in [6.07, 6.45) is -0.121. The van der Waals surface area contributed by atoms with E-state index in [1.807, 2.05) is 0 Å². The number of H-pyrrole nitrogens is 1. The second-order valence-electron chi connectivity index (χ2n) is 7.18. The fraction of sp³-hybridized carbons (Fsp3) is 0.136. The summed E-state index contributed by atoms with van der Waals surface area (Å²) in [7, 11) is -3.38. The van der Waals surface area contributed by atoms with Gasteiger partial charge in [0.25, 0.3) is 0 Å². The highest BCUT2D eigenvalue weighted by molar-refractivity contribution is 7.90. The number of aliphatic hydroxyl groups excluding tert-OH is 1. The van der Waals surface area contributed by atoms with Crippen LogP contribution < -0.4 is 4.74 Å². The number of para-hydroxylation sites is 1. The van der Waals surface area contributed by atoms with E-state index in [2.05, 4.69) is 14.7 Å². The first kappa shape index (κ1) is 23.4. The van der Waals surface area contributed by atoms with Crippen molar-refractivity contribution in [2.45, 2.75) is 17.6 Å². The number of alkyl halides is 2. The number of ether oxygens (including phenoxy) is 1. The first-order chi connectivity index (χ1) is 15.6. The molecule has 0 aliphatic heterocycles. The van der Waals surface area contributed by atoms with E-state index in [0.29, 0.717) is 11.1 Å². The van der Waals surface area contributed by atoms with Crippen molar-refractivity contribution in [3.8, 4) is 16.9 Å². The van der Waals surface area contributed by atoms with E-state index in [9.17, 15) is 22.3 Å². The van der Waals surface area contributed by atoms with Gasteiger partial charge < -0.3 is 14.8 Å². The zero-order chi connectivity index (χ0) is 23.9. The number of sulfone groups is 1. The van der Waals surface area contributed by atoms with E-state index in [4.69, 9.17) is 23.2 Å². The van der Waals surface area contributed by atoms with Crippen LogP contribution in [-0.2, 0) is 9.84 Å². The molecule has 2 N–H and O–H groups in total. The number of nitrogens with zero attached hydrogens (tertiary/aromatic N) is 1. The van der Waals surface area contributed by atoms with Gasteiger partial charge in [0.05, 0.1) is 20.5 Å². The van der Waals surface area contributed by atoms with Gasteiger partial charge in [-0.3, -0.25) is 0 Å². The van der Waals surface area contributed by atoms with Crippen molar-refractivity contribution in [1.29, 1.82) is 0 Å². The van der Waals surface area contributed by atoms with Gasteiger partial charge in [0.1, 0.15) is 23.2 Å². The van der Waals surface area contributed by atoms with Crippen LogP contribution >= 0.6 is 23.2 Å². The van der Waals surface area contributed by atoms with Crippen LogP contribution in [0, 0.1) is 0 Å². The number of nitrogens with one attached hydrogen (secondary N) is 1. The molecule has 0 fully saturated rings. The number of halogens is 4. The van der Waals surface area contributed by atoms with Gasteiger partial charge in [-0.25, -0.2) is 13.4 Å². The van der Waals surface area contributed by atoms with E-state index in [1.54, 1.807) is 18.2 Å². The van der Waals surface area contributed by atoms with Crippen LogP contribution in [0.15, 0.2) is 59.5 Å². The fourth-order valence-electron chi connectivity index (χ4n) is 3.40. The number of aliphatic hydroxyl groups is 1. The Morgan fingerprint density at radius 2 is 1.76 bits per heavy atom. The molecule has 11 heteroatoms. The smallest absolute Gasteiger partial charge is 0.387 e. The largest absolute Gasteiger partial charge is 0.434 e. The summed E-state index contributed by atoms with van der Waals surface area (Å²) in [4.78, 5) is 7.44. The lowest BCUT2D eigenvalue weighted by Crippen LogP contribution is -2.03. The summed E-state index contributed by atoms with van der Waals surface area (Å²) in [5, 5.41) is 11.0. The molecule has 0 amide bonds. The molecule has 0 saturated carbocycles. The number of fused-ring (bicyclic) bond motifs is 1. The van der Waals surface area contributed by atoms with Gasteiger partial charge in [0.15, 0.2) is 9.84 Å². The molecule has 0 radical (unpaired) electrons. The summed E-state index contributed by atoms with van der Waals surface area (Å²) in [6, 6.07) is 13.3. The number of benzene rings is 3. The number of aromatic nitrogens is 2. The Morgan fingerprint density at radius 3 is 2.39 bits per heavy atom. The molecule has 0 aliphatic carbocycles. The second kappa shape index (κ2) is 8.90. The number of imidazole rings is 1. The zero-order valence-electron chi connectivity index (χ0n) is 16.9. The summed E-state index contributed by atoms with van der Waals surface area (Å²) < 4.78 is 53.6. The van der Waals surface area contributed by atoms with Gasteiger partial charge >= 0.3 is 6.61 Å². The van der Waals surface area contributed by atoms with Crippen molar-refractivity contribution in [3.63, 3.8) is 0 Å². The van der Waals surface area contributed by atoms with E-state index in [-0.39, 0.29) is 43.2 Å². The molecule has 0 saturated heterocycles. The average Bonchev–Trinajstić information content (AvgIpc) is 3.18. The molecule has 33 heavy (non-hydrogen) atoms. The third-order valence-electron chi connectivity index (χ3n) is 4.94. The van der Waals surface area contributed by atoms with E-state index >= 15 is 0 Å². The van der Waals surface area contributed by atoms with Crippen molar-refractivity contribution in [3.05, 3.63) is 76.0 Å². The predicted molar refractivity (Wildman–Crippen MR) is 122 cm³/mol. The van der Waals surface area contributed by atoms with Crippen molar-refractivity contribution >= 4 is 44.1 Å². The molecule has 0 spiro atoms. The van der Waals surface area contributed by atoms with Gasteiger partial charge in [0, 0.05) is 17.4 Å². The molecule has 0 bridgehead atoms. The quantitative estimate of drug-likeness (QED) is 0.349. The average molecular weight is 513 g/mol. The lowest BCUT2D eigenvalue weighted by Gasteiger charge is -2.13. The van der Waals surface area contributed by atoms with Crippen molar-refractivity contribution in [2.75, 3.05) is 6.26 Å². The molecular weight excluding hydrogens is 497 g/mol. The molecular formula is C22H16Cl2F2N2O4S. The molecule has 1 atom stereocenters. The van der Waals surface area contributed by atoms with Crippen LogP contribution in [0.25, 0.3) is 22.2 Å². The van der Waals surface area contributed by atoms with Crippen LogP contribution in [0.1, 0.15) is 17.5 Å². The molecule has 6 nitrogen and oxygen atoms in total. The maximum Gasteiger partial charge on any atom is 0.387 e. The van der Waals surface area contributed by atoms with Gasteiger partial charge in [-0.05, 0) is 29.8 Å². The summed E-state index contributed by atoms with van der Waals surface area (Å²) >= 11 is 13.0. The zero-order valence-corrected chi connectivity index (χ0v) is 19.2. The summed E-state index contributed by atoms with van der Waals surface area (Å²) in [5.74, 6) is 0.0433. The molecule has 3 aromatic carbocycles. The Bertz CT molecular complexity index is 1440. The minimum Gasteiger partial charge on any atom is -0.434 e. The maximum absolute atomic E-state index is 12.8. The number of aromatic amines is 1. The highest BCUT2D eigenvalue weighted by Gasteiger charge is 2.22. The van der Waals surface area contributed by atoms with Gasteiger partial charge in [-0.2, -0.15) is 8.78 Å². The Labute approximate surface area is 197 Å². The van der Waals surface area contributed by atoms with Crippen molar-refractivity contribution < 1.29 is 27.0 Å². The second-order valence-corrected chi connectivity index (χ2v) is 9.98. The maximum atomic E-state index is 12.8. The first-order valence-electron chi connectivity index (χ1n) is 9.46. The summed E-state index contributed by atoms with van der Waals surface area (Å²) in [6.45, 7) is -3.03. The molecule has 4 aromatic rings. The Hall–Kier alpha value is -2.72. The highest BCUT2D eigenvalue weighted by atomic mass is 35.5. The van der Waals surface area contributed by atoms with Crippen molar-refractivity contribution in [1.82, 2.24) is 9.97 Å². The van der Waals surface area contributed by atoms with Crippen LogP contribution in [0.2, 0.25) is 10.0 Å². The summed E-state index contributed by atoms with van der Waals surface area (Å²) in [5.41, 5.74) is 1.61. The molecule has 4 rings (SSSR count). The molecule has 1 unspecified atom stereocenters. The highest BCUT2D eigenvalue weighted by Crippen LogP contribution is 2.43. The first-order valence-corrected chi connectivity index (χ1v) is 12.1. The molecule has 172 valence electrons. The molecule has 1 aromatic heterocycles. The fourth-order valence-corrected chi connectivity index (χ4v) is 4.74. The Morgan fingerprint density at radius 1 is 1.09 bits per heavy atom. The third-order valence-corrected chi connectivity index (χ3v) is 6.74. The standard InChI is InChI=1S/C22H16Cl2F2N2O4S/c1-33(30,31)12-8-6-11(7-9-12)20(29)21-27-15-10-14(23)17(18(24)19(15)28-21)13-4-2-3-5-16(13)32-22(25)26/h2-10,20,22,29H,1H3,(H,27,28). The van der Waals surface area contributed by atoms with Crippen LogP contribution in [-0.4, -0.2) is 36.4 Å². The topological polar surface area (TPSA) is 92.3 Å². The minimum atomic E-state index is -3.38. The van der Waals surface area contributed by atoms with Crippen LogP contribution in [0.3, 0.4) is 0 Å². The number of hydrogen-bond donors (Lipinski definition) is 2. The molecule has 1 heterocycles. The third kappa shape index (κ3) is 4.67. The number of rotatable bonds is 6. The van der Waals surface area contributed by atoms with Crippen molar-refractivity contribution in [2.24, 2.45) is 0 Å². The Kier molecular flexibility index (Phi) is 6.32. The normalized spacial score (nSPS) is 12.9. The van der Waals surface area contributed by atoms with Gasteiger partial charge in [-0.1, -0.05) is 53.5 Å². The lowest BCUT2D eigenvalue weighted by molar-refractivity contribution is -0.0494. The van der Waals surface area contributed by atoms with E-state index < -0.39 is 22.6 Å². The molecule has 0 aliphatic rings. The van der Waals surface area contributed by atoms with Gasteiger partial charge in [0.2, 0.25) is 0 Å². The monoisotopic (exact) mass is 512 g/mol. The lowest BCUT2D eigenvalue weighted by atomic mass is 10.0. The predicted octanol–water partition coefficient (Wildman–Crippen LogP) is 5.62. The Balaban J connectivity index is 1.78. The minimum absolute atomic E-state index is 0.0879. The SMILES string of the molecule is CS(=O)(=O)c1ccc(C(O)c2nc3c(Cl)c(-c4ccccc4OC(F)F)c(Cl)cc3[nH]2)cc1. The van der Waals surface area contributed by atoms with E-state index in [0.717, 1.165) is 6.26 Å². The number of hydrogen-bond acceptors (Lipinski definition) is 5. The van der Waals surface area contributed by atoms with E-state index in [1.165, 1.54) is 36.4 Å². The van der Waals surface area contributed by atoms with Crippen LogP contribution in [0.4, 0.5) is 8.78 Å². The van der Waals surface area contributed by atoms with Gasteiger partial charge in [-0.15, -0.1) is 0 Å².